The first-order valence-electron chi connectivity index (χ1n) is 5.91. The first-order valence-corrected chi connectivity index (χ1v) is 5.91. The number of carboxylic acids is 1. The predicted octanol–water partition coefficient (Wildman–Crippen LogP) is 2.98. The number of anilines is 1. The molecule has 7 heteroatoms. The molecule has 0 saturated heterocycles. The SMILES string of the molecule is Nc1ncc(CC(=O)O)cc1-c1cccc(C(F)(F)F)c1. The lowest BCUT2D eigenvalue weighted by molar-refractivity contribution is -0.138. The first-order chi connectivity index (χ1) is 9.77. The second kappa shape index (κ2) is 5.43. The standard InChI is InChI=1S/C14H11F3N2O2/c15-14(16,17)10-3-1-2-9(6-10)11-4-8(5-12(20)21)7-19-13(11)18/h1-4,6-7H,5H2,(H2,18,19)(H,20,21). The van der Waals surface area contributed by atoms with Crippen molar-refractivity contribution < 1.29 is 23.1 Å². The fourth-order valence-electron chi connectivity index (χ4n) is 1.88. The number of aliphatic carboxylic acids is 1. The lowest BCUT2D eigenvalue weighted by Gasteiger charge is -2.11. The molecule has 0 amide bonds. The molecule has 0 bridgehead atoms. The summed E-state index contributed by atoms with van der Waals surface area (Å²) in [6, 6.07) is 6.08. The van der Waals surface area contributed by atoms with Gasteiger partial charge in [-0.3, -0.25) is 4.79 Å². The second-order valence-electron chi connectivity index (χ2n) is 4.43. The number of nitrogens with zero attached hydrogens (tertiary/aromatic N) is 1. The van der Waals surface area contributed by atoms with E-state index in [1.807, 2.05) is 0 Å². The van der Waals surface area contributed by atoms with Gasteiger partial charge in [0.15, 0.2) is 0 Å². The molecule has 3 N–H and O–H groups in total. The molecule has 4 nitrogen and oxygen atoms in total. The highest BCUT2D eigenvalue weighted by Gasteiger charge is 2.30. The average Bonchev–Trinajstić information content (AvgIpc) is 2.39. The van der Waals surface area contributed by atoms with Crippen LogP contribution in [0.15, 0.2) is 36.5 Å². The quantitative estimate of drug-likeness (QED) is 0.913. The van der Waals surface area contributed by atoms with Gasteiger partial charge in [-0.2, -0.15) is 13.2 Å². The van der Waals surface area contributed by atoms with Crippen molar-refractivity contribution in [2.75, 3.05) is 5.73 Å². The number of hydrogen-bond acceptors (Lipinski definition) is 3. The molecule has 0 aliphatic carbocycles. The molecule has 2 rings (SSSR count). The second-order valence-corrected chi connectivity index (χ2v) is 4.43. The minimum Gasteiger partial charge on any atom is -0.481 e. The van der Waals surface area contributed by atoms with E-state index in [0.29, 0.717) is 5.56 Å². The van der Waals surface area contributed by atoms with Crippen LogP contribution in [-0.4, -0.2) is 16.1 Å². The molecule has 110 valence electrons. The van der Waals surface area contributed by atoms with E-state index < -0.39 is 17.7 Å². The Hall–Kier alpha value is -2.57. The summed E-state index contributed by atoms with van der Waals surface area (Å²) in [5.74, 6) is -1.01. The Kier molecular flexibility index (Phi) is 3.84. The summed E-state index contributed by atoms with van der Waals surface area (Å²) >= 11 is 0. The van der Waals surface area contributed by atoms with Crippen molar-refractivity contribution in [2.45, 2.75) is 12.6 Å². The van der Waals surface area contributed by atoms with Crippen LogP contribution in [0.3, 0.4) is 0 Å². The summed E-state index contributed by atoms with van der Waals surface area (Å²) in [4.78, 5) is 14.5. The molecule has 21 heavy (non-hydrogen) atoms. The van der Waals surface area contributed by atoms with Crippen molar-refractivity contribution >= 4 is 11.8 Å². The van der Waals surface area contributed by atoms with Gasteiger partial charge in [-0.15, -0.1) is 0 Å². The smallest absolute Gasteiger partial charge is 0.416 e. The van der Waals surface area contributed by atoms with Crippen LogP contribution in [0.25, 0.3) is 11.1 Å². The number of nitrogens with two attached hydrogens (primary N) is 1. The number of carboxylic acid groups (broad SMARTS) is 1. The molecule has 1 aromatic heterocycles. The zero-order valence-corrected chi connectivity index (χ0v) is 10.7. The highest BCUT2D eigenvalue weighted by atomic mass is 19.4. The third kappa shape index (κ3) is 3.50. The molecule has 0 aliphatic heterocycles. The molecule has 0 saturated carbocycles. The summed E-state index contributed by atoms with van der Waals surface area (Å²) in [5.41, 5.74) is 5.75. The number of hydrogen-bond donors (Lipinski definition) is 2. The number of aromatic nitrogens is 1. The minimum absolute atomic E-state index is 0.0449. The van der Waals surface area contributed by atoms with Crippen LogP contribution in [0.1, 0.15) is 11.1 Å². The van der Waals surface area contributed by atoms with Gasteiger partial charge in [0.25, 0.3) is 0 Å². The van der Waals surface area contributed by atoms with Crippen molar-refractivity contribution in [1.29, 1.82) is 0 Å². The minimum atomic E-state index is -4.46. The number of halogens is 3. The van der Waals surface area contributed by atoms with Crippen LogP contribution in [0.4, 0.5) is 19.0 Å². The largest absolute Gasteiger partial charge is 0.481 e. The predicted molar refractivity (Wildman–Crippen MR) is 70.4 cm³/mol. The van der Waals surface area contributed by atoms with E-state index in [1.54, 1.807) is 0 Å². The van der Waals surface area contributed by atoms with Gasteiger partial charge in [0.2, 0.25) is 0 Å². The average molecular weight is 296 g/mol. The molecule has 0 radical (unpaired) electrons. The maximum Gasteiger partial charge on any atom is 0.416 e. The summed E-state index contributed by atoms with van der Waals surface area (Å²) < 4.78 is 38.1. The van der Waals surface area contributed by atoms with Crippen LogP contribution < -0.4 is 5.73 Å². The van der Waals surface area contributed by atoms with Crippen LogP contribution >= 0.6 is 0 Å². The fraction of sp³-hybridized carbons (Fsp3) is 0.143. The topological polar surface area (TPSA) is 76.2 Å². The van der Waals surface area contributed by atoms with E-state index >= 15 is 0 Å². The Morgan fingerprint density at radius 1 is 1.29 bits per heavy atom. The molecule has 0 spiro atoms. The number of rotatable bonds is 3. The van der Waals surface area contributed by atoms with E-state index in [9.17, 15) is 18.0 Å². The molecule has 0 atom stereocenters. The monoisotopic (exact) mass is 296 g/mol. The van der Waals surface area contributed by atoms with Gasteiger partial charge < -0.3 is 10.8 Å². The van der Waals surface area contributed by atoms with E-state index in [2.05, 4.69) is 4.98 Å². The number of nitrogen functional groups attached to an aromatic ring is 1. The van der Waals surface area contributed by atoms with Crippen LogP contribution in [-0.2, 0) is 17.4 Å². The summed E-state index contributed by atoms with van der Waals surface area (Å²) in [6.07, 6.45) is -3.45. The van der Waals surface area contributed by atoms with Crippen molar-refractivity contribution in [2.24, 2.45) is 0 Å². The van der Waals surface area contributed by atoms with Gasteiger partial charge in [-0.1, -0.05) is 12.1 Å². The first kappa shape index (κ1) is 14.8. The maximum absolute atomic E-state index is 12.7. The van der Waals surface area contributed by atoms with Crippen LogP contribution in [0.2, 0.25) is 0 Å². The van der Waals surface area contributed by atoms with E-state index in [1.165, 1.54) is 24.4 Å². The molecule has 0 fully saturated rings. The van der Waals surface area contributed by atoms with Gasteiger partial charge >= 0.3 is 12.1 Å². The zero-order chi connectivity index (χ0) is 15.6. The number of carbonyl (C=O) groups is 1. The zero-order valence-electron chi connectivity index (χ0n) is 10.7. The Balaban J connectivity index is 2.48. The summed E-state index contributed by atoms with van der Waals surface area (Å²) in [7, 11) is 0. The van der Waals surface area contributed by atoms with Gasteiger partial charge in [-0.25, -0.2) is 4.98 Å². The fourth-order valence-corrected chi connectivity index (χ4v) is 1.88. The van der Waals surface area contributed by atoms with Crippen LogP contribution in [0, 0.1) is 0 Å². The van der Waals surface area contributed by atoms with Gasteiger partial charge in [0.1, 0.15) is 5.82 Å². The van der Waals surface area contributed by atoms with Crippen molar-refractivity contribution in [1.82, 2.24) is 4.98 Å². The normalized spacial score (nSPS) is 11.4. The highest BCUT2D eigenvalue weighted by Crippen LogP contribution is 2.33. The Labute approximate surface area is 118 Å². The third-order valence-corrected chi connectivity index (χ3v) is 2.83. The number of alkyl halides is 3. The van der Waals surface area contributed by atoms with E-state index in [4.69, 9.17) is 10.8 Å². The summed E-state index contributed by atoms with van der Waals surface area (Å²) in [6.45, 7) is 0. The Morgan fingerprint density at radius 2 is 2.00 bits per heavy atom. The lowest BCUT2D eigenvalue weighted by Crippen LogP contribution is -2.05. The van der Waals surface area contributed by atoms with Crippen LogP contribution in [0.5, 0.6) is 0 Å². The van der Waals surface area contributed by atoms with Gasteiger partial charge in [0.05, 0.1) is 12.0 Å². The van der Waals surface area contributed by atoms with E-state index in [-0.39, 0.29) is 23.4 Å². The van der Waals surface area contributed by atoms with Gasteiger partial charge in [-0.05, 0) is 29.3 Å². The molecule has 0 aliphatic rings. The molecule has 2 aromatic rings. The molecule has 1 aromatic carbocycles. The van der Waals surface area contributed by atoms with E-state index in [0.717, 1.165) is 12.1 Å². The van der Waals surface area contributed by atoms with Crippen molar-refractivity contribution in [3.63, 3.8) is 0 Å². The molecule has 0 unspecified atom stereocenters. The Morgan fingerprint density at radius 3 is 2.62 bits per heavy atom. The molecule has 1 heterocycles. The Bertz CT molecular complexity index is 684. The van der Waals surface area contributed by atoms with Crippen molar-refractivity contribution in [3.05, 3.63) is 47.7 Å². The lowest BCUT2D eigenvalue weighted by atomic mass is 10.0. The maximum atomic E-state index is 12.7. The molecular formula is C14H11F3N2O2. The van der Waals surface area contributed by atoms with Crippen molar-refractivity contribution in [3.8, 4) is 11.1 Å². The highest BCUT2D eigenvalue weighted by molar-refractivity contribution is 5.77. The number of pyridine rings is 1. The number of benzene rings is 1. The summed E-state index contributed by atoms with van der Waals surface area (Å²) in [5, 5.41) is 8.74. The third-order valence-electron chi connectivity index (χ3n) is 2.83. The van der Waals surface area contributed by atoms with Gasteiger partial charge in [0, 0.05) is 11.8 Å². The molecular weight excluding hydrogens is 285 g/mol.